The zero-order valence-corrected chi connectivity index (χ0v) is 17.9. The Balaban J connectivity index is 1.21. The number of halogens is 1. The smallest absolute Gasteiger partial charge is 0.143 e. The molecule has 162 valence electrons. The average molecular weight is 422 g/mol. The topological polar surface area (TPSA) is 63.9 Å². The van der Waals surface area contributed by atoms with Gasteiger partial charge in [0.2, 0.25) is 0 Å². The molecule has 0 bridgehead atoms. The van der Waals surface area contributed by atoms with E-state index in [-0.39, 0.29) is 18.1 Å². The summed E-state index contributed by atoms with van der Waals surface area (Å²) in [5.74, 6) is 1.54. The molecule has 1 aromatic carbocycles. The van der Waals surface area contributed by atoms with Gasteiger partial charge in [-0.25, -0.2) is 14.4 Å². The number of nitrogens with zero attached hydrogens (tertiary/aromatic N) is 5. The van der Waals surface area contributed by atoms with Crippen LogP contribution in [0, 0.1) is 11.8 Å². The minimum atomic E-state index is -0.639. The summed E-state index contributed by atoms with van der Waals surface area (Å²) in [6, 6.07) is 6.08. The SMILES string of the molecule is Cn1cc(-c2ccc3cnc(CC(=O)C4CCC(CN5CC(F)C5)CC4)nc3c2)cn1. The van der Waals surface area contributed by atoms with Crippen LogP contribution in [0.15, 0.2) is 36.8 Å². The number of aryl methyl sites for hydroxylation is 1. The van der Waals surface area contributed by atoms with E-state index in [9.17, 15) is 9.18 Å². The van der Waals surface area contributed by atoms with Crippen LogP contribution >= 0.6 is 0 Å². The number of carbonyl (C=O) groups excluding carboxylic acids is 1. The molecule has 0 unspecified atom stereocenters. The van der Waals surface area contributed by atoms with Gasteiger partial charge in [0.15, 0.2) is 0 Å². The van der Waals surface area contributed by atoms with E-state index < -0.39 is 6.17 Å². The predicted octanol–water partition coefficient (Wildman–Crippen LogP) is 3.60. The lowest BCUT2D eigenvalue weighted by Crippen LogP contribution is -2.50. The lowest BCUT2D eigenvalue weighted by atomic mass is 9.79. The van der Waals surface area contributed by atoms with Gasteiger partial charge in [-0.05, 0) is 43.2 Å². The Morgan fingerprint density at radius 2 is 1.94 bits per heavy atom. The zero-order chi connectivity index (χ0) is 21.4. The van der Waals surface area contributed by atoms with E-state index >= 15 is 0 Å². The van der Waals surface area contributed by atoms with Crippen molar-refractivity contribution in [2.24, 2.45) is 18.9 Å². The van der Waals surface area contributed by atoms with Gasteiger partial charge in [0, 0.05) is 55.9 Å². The molecule has 5 rings (SSSR count). The maximum absolute atomic E-state index is 13.0. The maximum atomic E-state index is 13.0. The van der Waals surface area contributed by atoms with Gasteiger partial charge in [-0.3, -0.25) is 14.4 Å². The Labute approximate surface area is 181 Å². The highest BCUT2D eigenvalue weighted by atomic mass is 19.1. The number of aromatic nitrogens is 4. The van der Waals surface area contributed by atoms with E-state index in [0.29, 0.717) is 24.8 Å². The van der Waals surface area contributed by atoms with Crippen molar-refractivity contribution >= 4 is 16.7 Å². The summed E-state index contributed by atoms with van der Waals surface area (Å²) in [5, 5.41) is 5.20. The van der Waals surface area contributed by atoms with Gasteiger partial charge in [0.25, 0.3) is 0 Å². The number of carbonyl (C=O) groups is 1. The first-order chi connectivity index (χ1) is 15.0. The molecule has 1 saturated heterocycles. The van der Waals surface area contributed by atoms with Crippen LogP contribution in [-0.4, -0.2) is 56.2 Å². The van der Waals surface area contributed by atoms with Crippen molar-refractivity contribution in [3.05, 3.63) is 42.6 Å². The van der Waals surface area contributed by atoms with E-state index in [0.717, 1.165) is 54.3 Å². The fraction of sp³-hybridized carbons (Fsp3) is 0.500. The first-order valence-corrected chi connectivity index (χ1v) is 11.2. The minimum Gasteiger partial charge on any atom is -0.299 e. The summed E-state index contributed by atoms with van der Waals surface area (Å²) in [7, 11) is 1.90. The van der Waals surface area contributed by atoms with E-state index in [1.165, 1.54) is 0 Å². The van der Waals surface area contributed by atoms with Crippen LogP contribution in [0.2, 0.25) is 0 Å². The fourth-order valence-electron chi connectivity index (χ4n) is 4.88. The lowest BCUT2D eigenvalue weighted by Gasteiger charge is -2.38. The van der Waals surface area contributed by atoms with Crippen molar-refractivity contribution in [3.8, 4) is 11.1 Å². The first kappa shape index (κ1) is 20.2. The van der Waals surface area contributed by atoms with Gasteiger partial charge in [0.1, 0.15) is 17.8 Å². The zero-order valence-electron chi connectivity index (χ0n) is 17.9. The summed E-state index contributed by atoms with van der Waals surface area (Å²) in [4.78, 5) is 24.2. The van der Waals surface area contributed by atoms with Crippen molar-refractivity contribution in [1.82, 2.24) is 24.6 Å². The molecule has 0 N–H and O–H groups in total. The highest BCUT2D eigenvalue weighted by Crippen LogP contribution is 2.31. The fourth-order valence-corrected chi connectivity index (χ4v) is 4.88. The molecule has 0 radical (unpaired) electrons. The number of hydrogen-bond acceptors (Lipinski definition) is 5. The molecule has 3 aromatic rings. The molecule has 1 aliphatic heterocycles. The third kappa shape index (κ3) is 4.51. The Hall–Kier alpha value is -2.67. The van der Waals surface area contributed by atoms with Crippen molar-refractivity contribution in [2.75, 3.05) is 19.6 Å². The number of ketones is 1. The molecule has 2 aliphatic rings. The molecule has 6 nitrogen and oxygen atoms in total. The molecule has 7 heteroatoms. The number of benzene rings is 1. The van der Waals surface area contributed by atoms with Gasteiger partial charge in [-0.1, -0.05) is 12.1 Å². The van der Waals surface area contributed by atoms with Crippen LogP contribution in [-0.2, 0) is 18.3 Å². The average Bonchev–Trinajstić information content (AvgIpc) is 3.19. The first-order valence-electron chi connectivity index (χ1n) is 11.2. The Kier molecular flexibility index (Phi) is 5.52. The van der Waals surface area contributed by atoms with E-state index in [1.54, 1.807) is 10.9 Å². The molecule has 0 spiro atoms. The van der Waals surface area contributed by atoms with Crippen molar-refractivity contribution in [3.63, 3.8) is 0 Å². The summed E-state index contributed by atoms with van der Waals surface area (Å²) >= 11 is 0. The summed E-state index contributed by atoms with van der Waals surface area (Å²) in [6.07, 6.45) is 9.22. The lowest BCUT2D eigenvalue weighted by molar-refractivity contribution is -0.123. The number of alkyl halides is 1. The molecule has 0 atom stereocenters. The summed E-state index contributed by atoms with van der Waals surface area (Å²) in [5.41, 5.74) is 2.94. The Morgan fingerprint density at radius 1 is 1.13 bits per heavy atom. The van der Waals surface area contributed by atoms with Crippen LogP contribution < -0.4 is 0 Å². The second kappa shape index (κ2) is 8.46. The van der Waals surface area contributed by atoms with E-state index in [2.05, 4.69) is 20.0 Å². The molecular weight excluding hydrogens is 393 g/mol. The molecule has 1 saturated carbocycles. The van der Waals surface area contributed by atoms with E-state index in [4.69, 9.17) is 0 Å². The molecule has 0 amide bonds. The van der Waals surface area contributed by atoms with Crippen molar-refractivity contribution in [2.45, 2.75) is 38.3 Å². The van der Waals surface area contributed by atoms with Crippen molar-refractivity contribution in [1.29, 1.82) is 0 Å². The number of likely N-dealkylation sites (tertiary alicyclic amines) is 1. The van der Waals surface area contributed by atoms with Crippen molar-refractivity contribution < 1.29 is 9.18 Å². The summed E-state index contributed by atoms with van der Waals surface area (Å²) < 4.78 is 14.8. The normalized spacial score (nSPS) is 22.5. The Bertz CT molecular complexity index is 1080. The highest BCUT2D eigenvalue weighted by molar-refractivity contribution is 5.85. The van der Waals surface area contributed by atoms with Gasteiger partial charge in [-0.15, -0.1) is 0 Å². The van der Waals surface area contributed by atoms with Gasteiger partial charge in [0.05, 0.1) is 18.1 Å². The minimum absolute atomic E-state index is 0.0996. The molecule has 2 fully saturated rings. The van der Waals surface area contributed by atoms with Crippen LogP contribution in [0.1, 0.15) is 31.5 Å². The van der Waals surface area contributed by atoms with Gasteiger partial charge in [-0.2, -0.15) is 5.10 Å². The van der Waals surface area contributed by atoms with E-state index in [1.807, 2.05) is 37.6 Å². The standard InChI is InChI=1S/C24H28FN5O/c1-29-13-20(11-27-29)18-6-7-19-10-26-24(28-22(19)8-18)9-23(31)17-4-2-16(3-5-17)12-30-14-21(25)15-30/h6-8,10-11,13,16-17,21H,2-5,9,12,14-15H2,1H3. The molecular formula is C24H28FN5O. The number of rotatable bonds is 6. The van der Waals surface area contributed by atoms with Crippen LogP contribution in [0.5, 0.6) is 0 Å². The number of hydrogen-bond donors (Lipinski definition) is 0. The van der Waals surface area contributed by atoms with Gasteiger partial charge < -0.3 is 0 Å². The molecule has 1 aliphatic carbocycles. The number of Topliss-reactive ketones (excluding diaryl/α,β-unsaturated/α-hetero) is 1. The van der Waals surface area contributed by atoms with Crippen LogP contribution in [0.3, 0.4) is 0 Å². The van der Waals surface area contributed by atoms with Crippen LogP contribution in [0.25, 0.3) is 22.0 Å². The third-order valence-electron chi connectivity index (χ3n) is 6.73. The largest absolute Gasteiger partial charge is 0.299 e. The predicted molar refractivity (Wildman–Crippen MR) is 117 cm³/mol. The highest BCUT2D eigenvalue weighted by Gasteiger charge is 2.31. The molecule has 31 heavy (non-hydrogen) atoms. The number of fused-ring (bicyclic) bond motifs is 1. The van der Waals surface area contributed by atoms with Crippen LogP contribution in [0.4, 0.5) is 4.39 Å². The monoisotopic (exact) mass is 421 g/mol. The van der Waals surface area contributed by atoms with Gasteiger partial charge >= 0.3 is 0 Å². The second-order valence-corrected chi connectivity index (χ2v) is 9.14. The third-order valence-corrected chi connectivity index (χ3v) is 6.73. The maximum Gasteiger partial charge on any atom is 0.143 e. The molecule has 2 aromatic heterocycles. The summed E-state index contributed by atoms with van der Waals surface area (Å²) in [6.45, 7) is 2.15. The quantitative estimate of drug-likeness (QED) is 0.609. The molecule has 3 heterocycles. The second-order valence-electron chi connectivity index (χ2n) is 9.14. The Morgan fingerprint density at radius 3 is 2.65 bits per heavy atom.